The van der Waals surface area contributed by atoms with Gasteiger partial charge in [-0.2, -0.15) is 8.42 Å². The molecule has 1 amide bonds. The quantitative estimate of drug-likeness (QED) is 0.691. The average Bonchev–Trinajstić information content (AvgIpc) is 1.99. The summed E-state index contributed by atoms with van der Waals surface area (Å²) in [6, 6.07) is 0. The molecule has 0 spiro atoms. The number of rotatable bonds is 2. The zero-order valence-electron chi connectivity index (χ0n) is 8.09. The number of alkyl halides is 1. The maximum absolute atomic E-state index is 13.0. The van der Waals surface area contributed by atoms with E-state index in [1.807, 2.05) is 0 Å². The van der Waals surface area contributed by atoms with Crippen molar-refractivity contribution in [3.8, 4) is 0 Å². The fourth-order valence-electron chi connectivity index (χ4n) is 1.47. The van der Waals surface area contributed by atoms with E-state index in [-0.39, 0.29) is 19.5 Å². The lowest BCUT2D eigenvalue weighted by molar-refractivity contribution is 0.0443. The first-order valence-corrected chi connectivity index (χ1v) is 6.10. The van der Waals surface area contributed by atoms with Crippen molar-refractivity contribution in [3.63, 3.8) is 0 Å². The van der Waals surface area contributed by atoms with Gasteiger partial charge >= 0.3 is 6.09 Å². The Kier molecular flexibility index (Phi) is 3.50. The van der Waals surface area contributed by atoms with Gasteiger partial charge < -0.3 is 10.0 Å². The third kappa shape index (κ3) is 4.00. The summed E-state index contributed by atoms with van der Waals surface area (Å²) >= 11 is 0. The first-order chi connectivity index (χ1) is 6.78. The highest BCUT2D eigenvalue weighted by molar-refractivity contribution is 7.86. The van der Waals surface area contributed by atoms with E-state index in [1.54, 1.807) is 0 Å². The third-order valence-corrected chi connectivity index (χ3v) is 2.56. The van der Waals surface area contributed by atoms with E-state index in [4.69, 9.17) is 5.11 Å². The number of hydrogen-bond donors (Lipinski definition) is 1. The van der Waals surface area contributed by atoms with Crippen LogP contribution in [0.5, 0.6) is 0 Å². The van der Waals surface area contributed by atoms with Crippen LogP contribution in [0.2, 0.25) is 0 Å². The Morgan fingerprint density at radius 2 is 2.13 bits per heavy atom. The SMILES string of the molecule is CS(=O)(=O)O[C@@H]1C[C@H](F)CN(C(=O)O)C1. The largest absolute Gasteiger partial charge is 0.465 e. The summed E-state index contributed by atoms with van der Waals surface area (Å²) in [5.74, 6) is 0. The Balaban J connectivity index is 2.63. The van der Waals surface area contributed by atoms with E-state index in [2.05, 4.69) is 4.18 Å². The normalized spacial score (nSPS) is 27.7. The van der Waals surface area contributed by atoms with Gasteiger partial charge in [0.25, 0.3) is 10.1 Å². The second-order valence-electron chi connectivity index (χ2n) is 3.44. The number of nitrogens with zero attached hydrogens (tertiary/aromatic N) is 1. The molecule has 1 heterocycles. The van der Waals surface area contributed by atoms with Crippen LogP contribution < -0.4 is 0 Å². The molecule has 1 aliphatic rings. The minimum atomic E-state index is -3.68. The van der Waals surface area contributed by atoms with Gasteiger partial charge in [0, 0.05) is 6.42 Å². The van der Waals surface area contributed by atoms with E-state index in [0.717, 1.165) is 11.2 Å². The number of hydrogen-bond acceptors (Lipinski definition) is 4. The van der Waals surface area contributed by atoms with Gasteiger partial charge in [0.05, 0.1) is 25.4 Å². The molecule has 0 bridgehead atoms. The second kappa shape index (κ2) is 4.31. The van der Waals surface area contributed by atoms with Crippen molar-refractivity contribution in [3.05, 3.63) is 0 Å². The number of carbonyl (C=O) groups is 1. The molecule has 2 atom stereocenters. The molecule has 15 heavy (non-hydrogen) atoms. The van der Waals surface area contributed by atoms with Gasteiger partial charge in [-0.3, -0.25) is 4.18 Å². The van der Waals surface area contributed by atoms with Crippen molar-refractivity contribution in [1.29, 1.82) is 0 Å². The molecule has 1 rings (SSSR count). The Morgan fingerprint density at radius 1 is 1.53 bits per heavy atom. The van der Waals surface area contributed by atoms with Crippen molar-refractivity contribution in [2.75, 3.05) is 19.3 Å². The van der Waals surface area contributed by atoms with Crippen LogP contribution >= 0.6 is 0 Å². The molecular formula is C7H12FNO5S. The van der Waals surface area contributed by atoms with Gasteiger partial charge in [0.2, 0.25) is 0 Å². The zero-order valence-corrected chi connectivity index (χ0v) is 8.91. The van der Waals surface area contributed by atoms with Crippen molar-refractivity contribution in [2.45, 2.75) is 18.7 Å². The fraction of sp³-hybridized carbons (Fsp3) is 0.857. The van der Waals surface area contributed by atoms with Crippen LogP contribution in [0, 0.1) is 0 Å². The van der Waals surface area contributed by atoms with Gasteiger partial charge in [-0.05, 0) is 0 Å². The number of likely N-dealkylation sites (tertiary alicyclic amines) is 1. The molecule has 0 radical (unpaired) electrons. The highest BCUT2D eigenvalue weighted by Crippen LogP contribution is 2.17. The lowest BCUT2D eigenvalue weighted by atomic mass is 10.1. The van der Waals surface area contributed by atoms with Crippen LogP contribution in [0.3, 0.4) is 0 Å². The van der Waals surface area contributed by atoms with Crippen LogP contribution in [0.1, 0.15) is 6.42 Å². The molecule has 1 saturated heterocycles. The Hall–Kier alpha value is -0.890. The van der Waals surface area contributed by atoms with Gasteiger partial charge in [0.15, 0.2) is 0 Å². The van der Waals surface area contributed by atoms with E-state index in [9.17, 15) is 17.6 Å². The lowest BCUT2D eigenvalue weighted by Crippen LogP contribution is -2.47. The van der Waals surface area contributed by atoms with Crippen LogP contribution in [0.4, 0.5) is 9.18 Å². The summed E-state index contributed by atoms with van der Waals surface area (Å²) in [5, 5.41) is 8.63. The molecule has 0 unspecified atom stereocenters. The van der Waals surface area contributed by atoms with E-state index in [0.29, 0.717) is 0 Å². The number of carboxylic acid groups (broad SMARTS) is 1. The summed E-state index contributed by atoms with van der Waals surface area (Å²) in [4.78, 5) is 11.4. The first-order valence-electron chi connectivity index (χ1n) is 4.28. The molecule has 0 saturated carbocycles. The summed E-state index contributed by atoms with van der Waals surface area (Å²) < 4.78 is 39.1. The molecule has 1 aliphatic heterocycles. The van der Waals surface area contributed by atoms with Gasteiger partial charge in [0.1, 0.15) is 6.17 Å². The van der Waals surface area contributed by atoms with Crippen LogP contribution in [-0.4, -0.2) is 56.1 Å². The van der Waals surface area contributed by atoms with E-state index in [1.165, 1.54) is 0 Å². The third-order valence-electron chi connectivity index (χ3n) is 1.94. The standard InChI is InChI=1S/C7H12FNO5S/c1-15(12,13)14-6-2-5(8)3-9(4-6)7(10)11/h5-6H,2-4H2,1H3,(H,10,11)/t5-,6+/m0/s1. The van der Waals surface area contributed by atoms with Crippen LogP contribution in [0.25, 0.3) is 0 Å². The molecule has 0 aromatic heterocycles. The Morgan fingerprint density at radius 3 is 2.60 bits per heavy atom. The summed E-state index contributed by atoms with van der Waals surface area (Å²) in [6.07, 6.45) is -2.85. The average molecular weight is 241 g/mol. The molecule has 0 aliphatic carbocycles. The summed E-state index contributed by atoms with van der Waals surface area (Å²) in [6.45, 7) is -0.359. The predicted octanol–water partition coefficient (Wildman–Crippen LogP) is 0.0530. The first kappa shape index (κ1) is 12.2. The highest BCUT2D eigenvalue weighted by atomic mass is 32.2. The molecule has 88 valence electrons. The second-order valence-corrected chi connectivity index (χ2v) is 5.04. The minimum absolute atomic E-state index is 0.100. The van der Waals surface area contributed by atoms with Crippen molar-refractivity contribution in [1.82, 2.24) is 4.90 Å². The molecule has 0 aromatic rings. The number of halogens is 1. The summed E-state index contributed by atoms with van der Waals surface area (Å²) in [7, 11) is -3.68. The maximum Gasteiger partial charge on any atom is 0.407 e. The van der Waals surface area contributed by atoms with Crippen molar-refractivity contribution in [2.24, 2.45) is 0 Å². The molecule has 1 fully saturated rings. The molecular weight excluding hydrogens is 229 g/mol. The molecule has 0 aromatic carbocycles. The maximum atomic E-state index is 13.0. The van der Waals surface area contributed by atoms with Gasteiger partial charge in [-0.25, -0.2) is 9.18 Å². The summed E-state index contributed by atoms with van der Waals surface area (Å²) in [5.41, 5.74) is 0. The van der Waals surface area contributed by atoms with Crippen LogP contribution in [-0.2, 0) is 14.3 Å². The smallest absolute Gasteiger partial charge is 0.407 e. The Labute approximate surface area is 86.8 Å². The van der Waals surface area contributed by atoms with Gasteiger partial charge in [-0.15, -0.1) is 0 Å². The monoisotopic (exact) mass is 241 g/mol. The van der Waals surface area contributed by atoms with Crippen LogP contribution in [0.15, 0.2) is 0 Å². The van der Waals surface area contributed by atoms with E-state index >= 15 is 0 Å². The molecule has 1 N–H and O–H groups in total. The Bertz CT molecular complexity index is 343. The highest BCUT2D eigenvalue weighted by Gasteiger charge is 2.32. The van der Waals surface area contributed by atoms with Gasteiger partial charge in [-0.1, -0.05) is 0 Å². The minimum Gasteiger partial charge on any atom is -0.465 e. The number of piperidine rings is 1. The topological polar surface area (TPSA) is 83.9 Å². The van der Waals surface area contributed by atoms with E-state index < -0.39 is 28.5 Å². The van der Waals surface area contributed by atoms with Crippen molar-refractivity contribution < 1.29 is 26.9 Å². The predicted molar refractivity (Wildman–Crippen MR) is 48.8 cm³/mol. The zero-order chi connectivity index (χ0) is 11.6. The fourth-order valence-corrected chi connectivity index (χ4v) is 2.10. The number of amides is 1. The lowest BCUT2D eigenvalue weighted by Gasteiger charge is -2.31. The van der Waals surface area contributed by atoms with Crippen molar-refractivity contribution >= 4 is 16.2 Å². The molecule has 8 heteroatoms. The molecule has 6 nitrogen and oxygen atoms in total.